The molecule has 0 aliphatic heterocycles. The number of pyridine rings is 1. The average molecular weight is 255 g/mol. The van der Waals surface area contributed by atoms with Gasteiger partial charge in [0.2, 0.25) is 0 Å². The quantitative estimate of drug-likeness (QED) is 0.559. The Labute approximate surface area is 109 Å². The molecule has 0 amide bonds. The highest BCUT2D eigenvalue weighted by Gasteiger charge is 2.15. The van der Waals surface area contributed by atoms with Gasteiger partial charge >= 0.3 is 0 Å². The summed E-state index contributed by atoms with van der Waals surface area (Å²) in [6, 6.07) is 10.3. The Hall–Kier alpha value is -1.75. The number of aromatic nitrogens is 1. The first kappa shape index (κ1) is 11.3. The zero-order valence-electron chi connectivity index (χ0n) is 9.71. The lowest BCUT2D eigenvalue weighted by Crippen LogP contribution is -2.28. The molecule has 0 spiro atoms. The van der Waals surface area contributed by atoms with Gasteiger partial charge in [0.15, 0.2) is 0 Å². The van der Waals surface area contributed by atoms with Crippen LogP contribution in [0.15, 0.2) is 53.5 Å². The Morgan fingerprint density at radius 1 is 1.22 bits per heavy atom. The summed E-state index contributed by atoms with van der Waals surface area (Å²) >= 11 is 1.67. The van der Waals surface area contributed by atoms with Crippen molar-refractivity contribution < 1.29 is 0 Å². The van der Waals surface area contributed by atoms with Crippen LogP contribution in [0.25, 0.3) is 10.8 Å². The molecule has 0 saturated carbocycles. The topological polar surface area (TPSA) is 50.9 Å². The van der Waals surface area contributed by atoms with Crippen molar-refractivity contribution in [3.8, 4) is 0 Å². The van der Waals surface area contributed by atoms with Crippen LogP contribution in [0.3, 0.4) is 0 Å². The second-order valence-electron chi connectivity index (χ2n) is 4.10. The predicted molar refractivity (Wildman–Crippen MR) is 75.2 cm³/mol. The van der Waals surface area contributed by atoms with Crippen molar-refractivity contribution in [1.82, 2.24) is 10.4 Å². The van der Waals surface area contributed by atoms with Crippen LogP contribution in [0.4, 0.5) is 0 Å². The fraction of sp³-hybridized carbons (Fsp3) is 0.0714. The minimum absolute atomic E-state index is 0.00384. The normalized spacial score (nSPS) is 12.7. The lowest BCUT2D eigenvalue weighted by molar-refractivity contribution is 0.643. The van der Waals surface area contributed by atoms with Gasteiger partial charge in [-0.25, -0.2) is 5.43 Å². The molecule has 3 aromatic rings. The van der Waals surface area contributed by atoms with E-state index in [-0.39, 0.29) is 6.04 Å². The average Bonchev–Trinajstić information content (AvgIpc) is 2.94. The van der Waals surface area contributed by atoms with Gasteiger partial charge in [-0.2, -0.15) is 11.3 Å². The van der Waals surface area contributed by atoms with E-state index in [1.54, 1.807) is 11.3 Å². The van der Waals surface area contributed by atoms with Crippen LogP contribution in [-0.4, -0.2) is 4.98 Å². The number of hydrogen-bond donors (Lipinski definition) is 2. The second kappa shape index (κ2) is 4.86. The maximum absolute atomic E-state index is 5.72. The molecule has 0 radical (unpaired) electrons. The Kier molecular flexibility index (Phi) is 3.06. The first-order valence-corrected chi connectivity index (χ1v) is 6.65. The molecular formula is C14H13N3S. The van der Waals surface area contributed by atoms with Crippen LogP contribution in [-0.2, 0) is 0 Å². The molecular weight excluding hydrogens is 242 g/mol. The Bertz CT molecular complexity index is 644. The number of hydrogen-bond acceptors (Lipinski definition) is 4. The van der Waals surface area contributed by atoms with Crippen LogP contribution < -0.4 is 11.3 Å². The van der Waals surface area contributed by atoms with Crippen molar-refractivity contribution in [3.05, 3.63) is 64.6 Å². The number of nitrogens with one attached hydrogen (secondary N) is 1. The smallest absolute Gasteiger partial charge is 0.0724 e. The monoisotopic (exact) mass is 255 g/mol. The number of nitrogens with two attached hydrogens (primary N) is 1. The van der Waals surface area contributed by atoms with E-state index >= 15 is 0 Å². The molecule has 0 fully saturated rings. The van der Waals surface area contributed by atoms with Gasteiger partial charge in [0, 0.05) is 17.8 Å². The molecule has 3 N–H and O–H groups in total. The van der Waals surface area contributed by atoms with Gasteiger partial charge in [0.25, 0.3) is 0 Å². The fourth-order valence-electron chi connectivity index (χ4n) is 2.19. The molecule has 0 aliphatic carbocycles. The van der Waals surface area contributed by atoms with Crippen molar-refractivity contribution in [2.24, 2.45) is 5.84 Å². The van der Waals surface area contributed by atoms with Gasteiger partial charge in [0.1, 0.15) is 0 Å². The standard InChI is InChI=1S/C14H13N3S/c15-17-14(11-5-7-18-9-11)12-3-1-2-10-4-6-16-8-13(10)12/h1-9,14,17H,15H2. The fourth-order valence-corrected chi connectivity index (χ4v) is 2.88. The zero-order valence-corrected chi connectivity index (χ0v) is 10.5. The van der Waals surface area contributed by atoms with E-state index in [4.69, 9.17) is 5.84 Å². The first-order chi connectivity index (χ1) is 8.90. The summed E-state index contributed by atoms with van der Waals surface area (Å²) in [5, 5.41) is 6.48. The van der Waals surface area contributed by atoms with E-state index < -0.39 is 0 Å². The van der Waals surface area contributed by atoms with Gasteiger partial charge in [-0.15, -0.1) is 0 Å². The van der Waals surface area contributed by atoms with Gasteiger partial charge in [-0.1, -0.05) is 18.2 Å². The molecule has 2 aromatic heterocycles. The third-order valence-corrected chi connectivity index (χ3v) is 3.77. The van der Waals surface area contributed by atoms with Crippen LogP contribution in [0.1, 0.15) is 17.2 Å². The number of fused-ring (bicyclic) bond motifs is 1. The van der Waals surface area contributed by atoms with Crippen LogP contribution in [0.2, 0.25) is 0 Å². The van der Waals surface area contributed by atoms with Gasteiger partial charge in [-0.3, -0.25) is 10.8 Å². The van der Waals surface area contributed by atoms with Crippen LogP contribution in [0.5, 0.6) is 0 Å². The van der Waals surface area contributed by atoms with E-state index in [2.05, 4.69) is 39.4 Å². The highest BCUT2D eigenvalue weighted by Crippen LogP contribution is 2.28. The van der Waals surface area contributed by atoms with Crippen molar-refractivity contribution in [1.29, 1.82) is 0 Å². The molecule has 2 heterocycles. The largest absolute Gasteiger partial charge is 0.271 e. The summed E-state index contributed by atoms with van der Waals surface area (Å²) < 4.78 is 0. The lowest BCUT2D eigenvalue weighted by Gasteiger charge is -2.17. The van der Waals surface area contributed by atoms with Gasteiger partial charge in [0.05, 0.1) is 6.04 Å². The molecule has 90 valence electrons. The first-order valence-electron chi connectivity index (χ1n) is 5.71. The van der Waals surface area contributed by atoms with E-state index in [0.29, 0.717) is 0 Å². The zero-order chi connectivity index (χ0) is 12.4. The van der Waals surface area contributed by atoms with Crippen molar-refractivity contribution >= 4 is 22.1 Å². The third kappa shape index (κ3) is 1.90. The molecule has 0 saturated heterocycles. The molecule has 1 aromatic carbocycles. The Balaban J connectivity index is 2.18. The summed E-state index contributed by atoms with van der Waals surface area (Å²) in [6.45, 7) is 0. The summed E-state index contributed by atoms with van der Waals surface area (Å²) in [5.74, 6) is 5.72. The molecule has 3 nitrogen and oxygen atoms in total. The predicted octanol–water partition coefficient (Wildman–Crippen LogP) is 2.85. The lowest BCUT2D eigenvalue weighted by atomic mass is 9.97. The molecule has 4 heteroatoms. The molecule has 0 aliphatic rings. The minimum Gasteiger partial charge on any atom is -0.271 e. The highest BCUT2D eigenvalue weighted by atomic mass is 32.1. The van der Waals surface area contributed by atoms with E-state index in [1.807, 2.05) is 24.5 Å². The highest BCUT2D eigenvalue weighted by molar-refractivity contribution is 7.08. The minimum atomic E-state index is 0.00384. The van der Waals surface area contributed by atoms with E-state index in [0.717, 1.165) is 10.9 Å². The SMILES string of the molecule is NNC(c1ccsc1)c1cccc2ccncc12. The van der Waals surface area contributed by atoms with E-state index in [9.17, 15) is 0 Å². The molecule has 18 heavy (non-hydrogen) atoms. The van der Waals surface area contributed by atoms with Crippen molar-refractivity contribution in [3.63, 3.8) is 0 Å². The maximum Gasteiger partial charge on any atom is 0.0724 e. The van der Waals surface area contributed by atoms with Crippen LogP contribution in [0, 0.1) is 0 Å². The van der Waals surface area contributed by atoms with Gasteiger partial charge < -0.3 is 0 Å². The number of nitrogens with zero attached hydrogens (tertiary/aromatic N) is 1. The molecule has 1 atom stereocenters. The van der Waals surface area contributed by atoms with Gasteiger partial charge in [-0.05, 0) is 39.4 Å². The summed E-state index contributed by atoms with van der Waals surface area (Å²) in [6.07, 6.45) is 3.70. The van der Waals surface area contributed by atoms with Crippen LogP contribution >= 0.6 is 11.3 Å². The Morgan fingerprint density at radius 3 is 2.94 bits per heavy atom. The van der Waals surface area contributed by atoms with Crippen molar-refractivity contribution in [2.45, 2.75) is 6.04 Å². The molecule has 0 bridgehead atoms. The molecule has 1 unspecified atom stereocenters. The summed E-state index contributed by atoms with van der Waals surface area (Å²) in [4.78, 5) is 4.21. The number of benzene rings is 1. The number of rotatable bonds is 3. The van der Waals surface area contributed by atoms with Crippen molar-refractivity contribution in [2.75, 3.05) is 0 Å². The molecule has 3 rings (SSSR count). The second-order valence-corrected chi connectivity index (χ2v) is 4.88. The Morgan fingerprint density at radius 2 is 2.17 bits per heavy atom. The number of hydrazine groups is 1. The third-order valence-electron chi connectivity index (χ3n) is 3.07. The number of thiophene rings is 1. The summed E-state index contributed by atoms with van der Waals surface area (Å²) in [7, 11) is 0. The van der Waals surface area contributed by atoms with E-state index in [1.165, 1.54) is 10.9 Å². The maximum atomic E-state index is 5.72. The summed E-state index contributed by atoms with van der Waals surface area (Å²) in [5.41, 5.74) is 5.23.